The molecule has 0 aromatic heterocycles. The van der Waals surface area contributed by atoms with E-state index in [1.807, 2.05) is 6.92 Å². The maximum atomic E-state index is 5.59. The molecule has 2 nitrogen and oxygen atoms in total. The van der Waals surface area contributed by atoms with Crippen molar-refractivity contribution in [3.63, 3.8) is 0 Å². The second-order valence-corrected chi connectivity index (χ2v) is 3.33. The molecule has 3 atom stereocenters. The fourth-order valence-electron chi connectivity index (χ4n) is 1.39. The normalized spacial score (nSPS) is 30.9. The van der Waals surface area contributed by atoms with Crippen LogP contribution >= 0.6 is 0 Å². The zero-order valence-electron chi connectivity index (χ0n) is 8.96. The van der Waals surface area contributed by atoms with Crippen LogP contribution in [0.4, 0.5) is 0 Å². The minimum Gasteiger partial charge on any atom is -0.339 e. The van der Waals surface area contributed by atoms with E-state index in [4.69, 9.17) is 9.47 Å². The molecule has 1 aliphatic heterocycles. The highest BCUT2D eigenvalue weighted by Crippen LogP contribution is 2.19. The summed E-state index contributed by atoms with van der Waals surface area (Å²) in [7, 11) is 0. The number of hydrogen-bond donors (Lipinski definition) is 0. The molecule has 1 aliphatic rings. The second-order valence-electron chi connectivity index (χ2n) is 3.33. The number of ether oxygens (including phenoxy) is 2. The van der Waals surface area contributed by atoms with Crippen LogP contribution in [-0.4, -0.2) is 18.5 Å². The molecule has 1 rings (SSSR count). The van der Waals surface area contributed by atoms with Crippen molar-refractivity contribution < 1.29 is 9.47 Å². The molecule has 0 amide bonds. The van der Waals surface area contributed by atoms with E-state index in [1.54, 1.807) is 6.92 Å². The Balaban J connectivity index is 2.53. The smallest absolute Gasteiger partial charge is 0.223 e. The summed E-state index contributed by atoms with van der Waals surface area (Å²) in [5.41, 5.74) is 0. The van der Waals surface area contributed by atoms with Gasteiger partial charge in [0, 0.05) is 0 Å². The van der Waals surface area contributed by atoms with Gasteiger partial charge in [-0.15, -0.1) is 0 Å². The third-order valence-corrected chi connectivity index (χ3v) is 2.10. The molecule has 0 N–H and O–H groups in total. The van der Waals surface area contributed by atoms with Crippen molar-refractivity contribution in [2.75, 3.05) is 0 Å². The molecule has 3 unspecified atom stereocenters. The van der Waals surface area contributed by atoms with Gasteiger partial charge >= 0.3 is 0 Å². The van der Waals surface area contributed by atoms with Gasteiger partial charge in [-0.3, -0.25) is 0 Å². The summed E-state index contributed by atoms with van der Waals surface area (Å²) in [5, 5.41) is 0. The molecule has 0 aliphatic carbocycles. The molecule has 0 saturated carbocycles. The van der Waals surface area contributed by atoms with Gasteiger partial charge in [-0.2, -0.15) is 0 Å². The summed E-state index contributed by atoms with van der Waals surface area (Å²) in [4.78, 5) is 0. The third kappa shape index (κ3) is 3.42. The predicted octanol–water partition coefficient (Wildman–Crippen LogP) is 1.94. The van der Waals surface area contributed by atoms with Gasteiger partial charge in [-0.1, -0.05) is 12.8 Å². The van der Waals surface area contributed by atoms with Crippen molar-refractivity contribution in [1.29, 1.82) is 0 Å². The lowest BCUT2D eigenvalue weighted by molar-refractivity contribution is -0.210. The van der Waals surface area contributed by atoms with Crippen molar-refractivity contribution in [1.82, 2.24) is 0 Å². The third-order valence-electron chi connectivity index (χ3n) is 2.10. The Bertz CT molecular complexity index is 287. The Kier molecular flexibility index (Phi) is 4.53. The average Bonchev–Trinajstić information content (AvgIpc) is 2.17. The number of hydrogen-bond acceptors (Lipinski definition) is 2. The van der Waals surface area contributed by atoms with E-state index in [0.29, 0.717) is 0 Å². The zero-order chi connectivity index (χ0) is 10.4. The average molecular weight is 192 g/mol. The van der Waals surface area contributed by atoms with Gasteiger partial charge in [0.1, 0.15) is 0 Å². The monoisotopic (exact) mass is 192 g/mol. The zero-order valence-corrected chi connectivity index (χ0v) is 8.96. The molecule has 0 bridgehead atoms. The van der Waals surface area contributed by atoms with Crippen LogP contribution in [0.2, 0.25) is 0 Å². The van der Waals surface area contributed by atoms with E-state index >= 15 is 0 Å². The first-order chi connectivity index (χ1) is 6.76. The minimum atomic E-state index is -0.399. The first-order valence-electron chi connectivity index (χ1n) is 4.99. The Morgan fingerprint density at radius 1 is 1.29 bits per heavy atom. The highest BCUT2D eigenvalue weighted by molar-refractivity contribution is 5.25. The Hall–Kier alpha value is -0.960. The van der Waals surface area contributed by atoms with Gasteiger partial charge in [0.05, 0.1) is 12.2 Å². The summed E-state index contributed by atoms with van der Waals surface area (Å²) in [5.74, 6) is 10.9. The van der Waals surface area contributed by atoms with Crippen molar-refractivity contribution in [3.8, 4) is 23.7 Å². The minimum absolute atomic E-state index is 0.225. The van der Waals surface area contributed by atoms with E-state index in [0.717, 1.165) is 12.8 Å². The molecule has 1 saturated heterocycles. The highest BCUT2D eigenvalue weighted by atomic mass is 16.7. The van der Waals surface area contributed by atoms with Crippen LogP contribution in [0.15, 0.2) is 0 Å². The number of rotatable bonds is 1. The molecule has 76 valence electrons. The second kappa shape index (κ2) is 5.70. The van der Waals surface area contributed by atoms with E-state index in [-0.39, 0.29) is 12.2 Å². The molecule has 1 fully saturated rings. The largest absolute Gasteiger partial charge is 0.339 e. The lowest BCUT2D eigenvalue weighted by atomic mass is 10.1. The molecule has 0 aromatic carbocycles. The van der Waals surface area contributed by atoms with Crippen LogP contribution in [0.1, 0.15) is 33.6 Å². The standard InChI is InChI=1S/C12H16O2/c1-4-6-7-8-12-13-10(3)9-11(5-2)14-12/h10-12H,5,9H2,1-3H3. The quantitative estimate of drug-likeness (QED) is 0.591. The van der Waals surface area contributed by atoms with E-state index in [9.17, 15) is 0 Å². The van der Waals surface area contributed by atoms with Crippen LogP contribution < -0.4 is 0 Å². The lowest BCUT2D eigenvalue weighted by Gasteiger charge is -2.31. The van der Waals surface area contributed by atoms with Crippen LogP contribution in [0.3, 0.4) is 0 Å². The van der Waals surface area contributed by atoms with Crippen LogP contribution in [0.25, 0.3) is 0 Å². The van der Waals surface area contributed by atoms with Crippen LogP contribution in [-0.2, 0) is 9.47 Å². The summed E-state index contributed by atoms with van der Waals surface area (Å²) in [6.07, 6.45) is 2.05. The summed E-state index contributed by atoms with van der Waals surface area (Å²) >= 11 is 0. The van der Waals surface area contributed by atoms with Crippen LogP contribution in [0.5, 0.6) is 0 Å². The Morgan fingerprint density at radius 3 is 2.71 bits per heavy atom. The molecule has 1 heterocycles. The fraction of sp³-hybridized carbons (Fsp3) is 0.667. The maximum Gasteiger partial charge on any atom is 0.223 e. The molecular formula is C12H16O2. The molecule has 0 radical (unpaired) electrons. The van der Waals surface area contributed by atoms with Crippen LogP contribution in [0, 0.1) is 23.7 Å². The summed E-state index contributed by atoms with van der Waals surface area (Å²) in [6.45, 7) is 5.92. The maximum absolute atomic E-state index is 5.59. The van der Waals surface area contributed by atoms with Gasteiger partial charge in [0.2, 0.25) is 6.29 Å². The van der Waals surface area contributed by atoms with E-state index < -0.39 is 6.29 Å². The van der Waals surface area contributed by atoms with Crippen molar-refractivity contribution >= 4 is 0 Å². The van der Waals surface area contributed by atoms with Crippen molar-refractivity contribution in [2.45, 2.75) is 52.1 Å². The van der Waals surface area contributed by atoms with Gasteiger partial charge in [-0.25, -0.2) is 0 Å². The molecule has 2 heteroatoms. The van der Waals surface area contributed by atoms with E-state index in [2.05, 4.69) is 30.6 Å². The molecule has 0 aromatic rings. The van der Waals surface area contributed by atoms with Crippen molar-refractivity contribution in [3.05, 3.63) is 0 Å². The van der Waals surface area contributed by atoms with E-state index in [1.165, 1.54) is 0 Å². The fourth-order valence-corrected chi connectivity index (χ4v) is 1.39. The van der Waals surface area contributed by atoms with Gasteiger partial charge in [0.15, 0.2) is 0 Å². The Morgan fingerprint density at radius 2 is 2.07 bits per heavy atom. The molecule has 0 spiro atoms. The Labute approximate surface area is 86.0 Å². The molecule has 14 heavy (non-hydrogen) atoms. The lowest BCUT2D eigenvalue weighted by Crippen LogP contribution is -2.35. The summed E-state index contributed by atoms with van der Waals surface area (Å²) in [6, 6.07) is 0. The first-order valence-corrected chi connectivity index (χ1v) is 4.99. The predicted molar refractivity (Wildman–Crippen MR) is 55.3 cm³/mol. The molecular weight excluding hydrogens is 176 g/mol. The topological polar surface area (TPSA) is 18.5 Å². The SMILES string of the molecule is CC#CC#CC1OC(C)CC(CC)O1. The highest BCUT2D eigenvalue weighted by Gasteiger charge is 2.24. The van der Waals surface area contributed by atoms with Crippen molar-refractivity contribution in [2.24, 2.45) is 0 Å². The summed E-state index contributed by atoms with van der Waals surface area (Å²) < 4.78 is 11.1. The first kappa shape index (κ1) is 11.1. The van der Waals surface area contributed by atoms with Gasteiger partial charge < -0.3 is 9.47 Å². The van der Waals surface area contributed by atoms with Gasteiger partial charge in [-0.05, 0) is 44.5 Å². The van der Waals surface area contributed by atoms with Gasteiger partial charge in [0.25, 0.3) is 0 Å².